The summed E-state index contributed by atoms with van der Waals surface area (Å²) < 4.78 is 0. The van der Waals surface area contributed by atoms with Crippen LogP contribution in [0.3, 0.4) is 0 Å². The van der Waals surface area contributed by atoms with Gasteiger partial charge in [-0.3, -0.25) is 0 Å². The lowest BCUT2D eigenvalue weighted by atomic mass is 10.1. The molecule has 72 valence electrons. The Bertz CT molecular complexity index is 98.0. The Morgan fingerprint density at radius 1 is 1.17 bits per heavy atom. The second kappa shape index (κ2) is 6.44. The van der Waals surface area contributed by atoms with Crippen molar-refractivity contribution >= 4 is 0 Å². The Morgan fingerprint density at radius 3 is 2.75 bits per heavy atom. The van der Waals surface area contributed by atoms with Gasteiger partial charge >= 0.3 is 0 Å². The molecule has 1 atom stereocenters. The zero-order valence-electron chi connectivity index (χ0n) is 8.23. The molecular weight excluding hydrogens is 148 g/mol. The van der Waals surface area contributed by atoms with Gasteiger partial charge in [0.25, 0.3) is 0 Å². The Kier molecular flexibility index (Phi) is 5.37. The average molecular weight is 170 g/mol. The molecule has 0 bridgehead atoms. The van der Waals surface area contributed by atoms with Gasteiger partial charge < -0.3 is 10.6 Å². The smallest absolute Gasteiger partial charge is 0.0193 e. The summed E-state index contributed by atoms with van der Waals surface area (Å²) in [4.78, 5) is 0. The van der Waals surface area contributed by atoms with Crippen molar-refractivity contribution in [3.63, 3.8) is 0 Å². The third-order valence-electron chi connectivity index (χ3n) is 2.53. The molecule has 0 aromatic heterocycles. The summed E-state index contributed by atoms with van der Waals surface area (Å²) in [6.07, 6.45) is 6.91. The molecule has 0 aromatic carbocycles. The van der Waals surface area contributed by atoms with Gasteiger partial charge in [0.1, 0.15) is 0 Å². The molecular formula is C10H22N2. The van der Waals surface area contributed by atoms with Crippen molar-refractivity contribution in [3.05, 3.63) is 0 Å². The lowest BCUT2D eigenvalue weighted by Crippen LogP contribution is -2.48. The largest absolute Gasteiger partial charge is 0.314 e. The maximum absolute atomic E-state index is 3.53. The van der Waals surface area contributed by atoms with E-state index in [0.717, 1.165) is 19.1 Å². The van der Waals surface area contributed by atoms with Gasteiger partial charge in [-0.1, -0.05) is 32.6 Å². The van der Waals surface area contributed by atoms with E-state index in [-0.39, 0.29) is 0 Å². The molecule has 1 fully saturated rings. The van der Waals surface area contributed by atoms with Crippen molar-refractivity contribution < 1.29 is 0 Å². The number of hydrogen-bond donors (Lipinski definition) is 2. The number of nitrogens with one attached hydrogen (secondary N) is 2. The lowest BCUT2D eigenvalue weighted by Gasteiger charge is -2.24. The van der Waals surface area contributed by atoms with Crippen LogP contribution in [0.15, 0.2) is 0 Å². The van der Waals surface area contributed by atoms with E-state index in [1.54, 1.807) is 0 Å². The zero-order chi connectivity index (χ0) is 8.65. The van der Waals surface area contributed by atoms with Crippen molar-refractivity contribution in [2.45, 2.75) is 45.1 Å². The second-order valence-electron chi connectivity index (χ2n) is 3.70. The molecule has 1 rings (SSSR count). The predicted molar refractivity (Wildman–Crippen MR) is 53.4 cm³/mol. The second-order valence-corrected chi connectivity index (χ2v) is 3.70. The van der Waals surface area contributed by atoms with Crippen LogP contribution < -0.4 is 10.6 Å². The summed E-state index contributed by atoms with van der Waals surface area (Å²) >= 11 is 0. The van der Waals surface area contributed by atoms with Crippen molar-refractivity contribution in [2.75, 3.05) is 19.6 Å². The number of unbranched alkanes of at least 4 members (excludes halogenated alkanes) is 3. The van der Waals surface area contributed by atoms with Crippen LogP contribution >= 0.6 is 0 Å². The first kappa shape index (κ1) is 10.0. The average Bonchev–Trinajstić information content (AvgIpc) is 2.14. The van der Waals surface area contributed by atoms with Crippen LogP contribution in [0.4, 0.5) is 0 Å². The van der Waals surface area contributed by atoms with Crippen LogP contribution in [0.5, 0.6) is 0 Å². The molecule has 1 aliphatic heterocycles. The quantitative estimate of drug-likeness (QED) is 0.611. The van der Waals surface area contributed by atoms with Crippen LogP contribution in [0.25, 0.3) is 0 Å². The first-order valence-corrected chi connectivity index (χ1v) is 5.37. The Balaban J connectivity index is 1.91. The van der Waals surface area contributed by atoms with E-state index in [1.807, 2.05) is 0 Å². The summed E-state index contributed by atoms with van der Waals surface area (Å²) in [6, 6.07) is 0.746. The van der Waals surface area contributed by atoms with E-state index < -0.39 is 0 Å². The highest BCUT2D eigenvalue weighted by Crippen LogP contribution is 2.05. The highest BCUT2D eigenvalue weighted by molar-refractivity contribution is 4.74. The highest BCUT2D eigenvalue weighted by Gasteiger charge is 2.10. The van der Waals surface area contributed by atoms with E-state index in [0.29, 0.717) is 0 Å². The molecule has 2 heteroatoms. The van der Waals surface area contributed by atoms with Crippen LogP contribution in [0, 0.1) is 0 Å². The predicted octanol–water partition coefficient (Wildman–Crippen LogP) is 1.52. The van der Waals surface area contributed by atoms with Gasteiger partial charge in [0.15, 0.2) is 0 Å². The molecule has 0 aromatic rings. The van der Waals surface area contributed by atoms with Crippen LogP contribution in [0.1, 0.15) is 39.0 Å². The molecule has 2 N–H and O–H groups in total. The van der Waals surface area contributed by atoms with E-state index >= 15 is 0 Å². The van der Waals surface area contributed by atoms with E-state index in [2.05, 4.69) is 17.6 Å². The fraction of sp³-hybridized carbons (Fsp3) is 1.00. The molecule has 12 heavy (non-hydrogen) atoms. The first-order chi connectivity index (χ1) is 5.93. The van der Waals surface area contributed by atoms with Gasteiger partial charge in [0, 0.05) is 25.7 Å². The third-order valence-corrected chi connectivity index (χ3v) is 2.53. The summed E-state index contributed by atoms with van der Waals surface area (Å²) in [5.41, 5.74) is 0. The molecule has 0 spiro atoms. The van der Waals surface area contributed by atoms with Gasteiger partial charge in [-0.05, 0) is 6.42 Å². The number of hydrogen-bond acceptors (Lipinski definition) is 2. The molecule has 0 unspecified atom stereocenters. The monoisotopic (exact) mass is 170 g/mol. The van der Waals surface area contributed by atoms with Gasteiger partial charge in [-0.25, -0.2) is 0 Å². The van der Waals surface area contributed by atoms with Crippen molar-refractivity contribution in [2.24, 2.45) is 0 Å². The minimum atomic E-state index is 0.746. The number of rotatable bonds is 5. The maximum Gasteiger partial charge on any atom is 0.0193 e. The van der Waals surface area contributed by atoms with E-state index in [9.17, 15) is 0 Å². The lowest BCUT2D eigenvalue weighted by molar-refractivity contribution is 0.387. The van der Waals surface area contributed by atoms with E-state index in [1.165, 1.54) is 38.6 Å². The minimum Gasteiger partial charge on any atom is -0.314 e. The summed E-state index contributed by atoms with van der Waals surface area (Å²) in [5, 5.41) is 6.95. The normalized spacial score (nSPS) is 24.2. The van der Waals surface area contributed by atoms with Gasteiger partial charge in [-0.2, -0.15) is 0 Å². The molecule has 0 aliphatic carbocycles. The van der Waals surface area contributed by atoms with Crippen LogP contribution in [0.2, 0.25) is 0 Å². The molecule has 1 aliphatic rings. The topological polar surface area (TPSA) is 24.1 Å². The summed E-state index contributed by atoms with van der Waals surface area (Å²) in [5.74, 6) is 0. The molecule has 0 radical (unpaired) electrons. The molecule has 0 saturated carbocycles. The molecule has 1 saturated heterocycles. The van der Waals surface area contributed by atoms with Crippen molar-refractivity contribution in [3.8, 4) is 0 Å². The standard InChI is InChI=1S/C10H22N2/c1-2-3-4-5-6-10-9-11-7-8-12-10/h10-12H,2-9H2,1H3/t10-/m1/s1. The van der Waals surface area contributed by atoms with Gasteiger partial charge in [-0.15, -0.1) is 0 Å². The SMILES string of the molecule is CCCCCC[C@@H]1CNCCN1. The third kappa shape index (κ3) is 4.07. The molecule has 1 heterocycles. The Labute approximate surface area is 76.1 Å². The molecule has 0 amide bonds. The Morgan fingerprint density at radius 2 is 2.08 bits per heavy atom. The zero-order valence-corrected chi connectivity index (χ0v) is 8.23. The van der Waals surface area contributed by atoms with E-state index in [4.69, 9.17) is 0 Å². The fourth-order valence-electron chi connectivity index (χ4n) is 1.73. The van der Waals surface area contributed by atoms with Crippen molar-refractivity contribution in [1.82, 2.24) is 10.6 Å². The first-order valence-electron chi connectivity index (χ1n) is 5.37. The van der Waals surface area contributed by atoms with Crippen LogP contribution in [-0.4, -0.2) is 25.7 Å². The fourth-order valence-corrected chi connectivity index (χ4v) is 1.73. The highest BCUT2D eigenvalue weighted by atomic mass is 15.0. The Hall–Kier alpha value is -0.0800. The maximum atomic E-state index is 3.53. The van der Waals surface area contributed by atoms with Crippen LogP contribution in [-0.2, 0) is 0 Å². The van der Waals surface area contributed by atoms with Gasteiger partial charge in [0.05, 0.1) is 0 Å². The minimum absolute atomic E-state index is 0.746. The number of piperazine rings is 1. The van der Waals surface area contributed by atoms with Gasteiger partial charge in [0.2, 0.25) is 0 Å². The summed E-state index contributed by atoms with van der Waals surface area (Å²) in [7, 11) is 0. The van der Waals surface area contributed by atoms with Crippen molar-refractivity contribution in [1.29, 1.82) is 0 Å². The summed E-state index contributed by atoms with van der Waals surface area (Å²) in [6.45, 7) is 5.73. The molecule has 2 nitrogen and oxygen atoms in total.